The van der Waals surface area contributed by atoms with E-state index in [-0.39, 0.29) is 36.0 Å². The highest BCUT2D eigenvalue weighted by atomic mass is 35.5. The first-order chi connectivity index (χ1) is 10.6. The Labute approximate surface area is 143 Å². The van der Waals surface area contributed by atoms with Gasteiger partial charge in [-0.05, 0) is 57.3 Å². The number of ether oxygens (including phenoxy) is 1. The summed E-state index contributed by atoms with van der Waals surface area (Å²) in [6.45, 7) is 4.32. The van der Waals surface area contributed by atoms with Gasteiger partial charge in [0, 0.05) is 6.42 Å². The maximum Gasteiger partial charge on any atom is 0.220 e. The summed E-state index contributed by atoms with van der Waals surface area (Å²) in [6, 6.07) is 6.29. The molecule has 6 heteroatoms. The number of rotatable bonds is 7. The number of carbonyl (C=O) groups is 1. The zero-order valence-corrected chi connectivity index (χ0v) is 14.3. The number of benzene rings is 1. The van der Waals surface area contributed by atoms with Gasteiger partial charge in [0.25, 0.3) is 0 Å². The van der Waals surface area contributed by atoms with Crippen molar-refractivity contribution in [1.29, 1.82) is 0 Å². The lowest BCUT2D eigenvalue weighted by Gasteiger charge is -2.22. The molecule has 1 heterocycles. The molecular weight excluding hydrogens is 319 g/mol. The number of amides is 1. The Balaban J connectivity index is 0.00000264. The van der Waals surface area contributed by atoms with E-state index in [1.165, 1.54) is 6.07 Å². The predicted molar refractivity (Wildman–Crippen MR) is 91.6 cm³/mol. The van der Waals surface area contributed by atoms with Gasteiger partial charge in [-0.15, -0.1) is 12.4 Å². The van der Waals surface area contributed by atoms with Gasteiger partial charge in [-0.2, -0.15) is 0 Å². The molecule has 1 aromatic rings. The number of hydrogen-bond acceptors (Lipinski definition) is 3. The molecule has 0 saturated carbocycles. The van der Waals surface area contributed by atoms with Gasteiger partial charge in [-0.1, -0.05) is 12.1 Å². The van der Waals surface area contributed by atoms with Crippen LogP contribution in [0.2, 0.25) is 0 Å². The first-order valence-electron chi connectivity index (χ1n) is 8.03. The molecule has 4 nitrogen and oxygen atoms in total. The van der Waals surface area contributed by atoms with Gasteiger partial charge >= 0.3 is 0 Å². The van der Waals surface area contributed by atoms with Crippen LogP contribution in [0.25, 0.3) is 0 Å². The fourth-order valence-electron chi connectivity index (χ4n) is 2.65. The normalized spacial score (nSPS) is 16.3. The van der Waals surface area contributed by atoms with Gasteiger partial charge < -0.3 is 15.4 Å². The summed E-state index contributed by atoms with van der Waals surface area (Å²) >= 11 is 0. The fourth-order valence-corrected chi connectivity index (χ4v) is 2.65. The molecule has 1 atom stereocenters. The van der Waals surface area contributed by atoms with Crippen LogP contribution in [0.5, 0.6) is 5.75 Å². The Morgan fingerprint density at radius 3 is 2.78 bits per heavy atom. The standard InChI is InChI=1S/C17H25FN2O2.ClH/c1-13(22-16-5-3-2-4-15(16)18)12-20-17(21)7-6-14-8-10-19-11-9-14;/h2-5,13-14,19H,6-12H2,1H3,(H,20,21);1H. The second kappa shape index (κ2) is 10.4. The third kappa shape index (κ3) is 7.18. The Bertz CT molecular complexity index is 481. The van der Waals surface area contributed by atoms with E-state index in [1.807, 2.05) is 6.92 Å². The summed E-state index contributed by atoms with van der Waals surface area (Å²) in [5.74, 6) is 0.534. The van der Waals surface area contributed by atoms with E-state index in [9.17, 15) is 9.18 Å². The number of hydrogen-bond donors (Lipinski definition) is 2. The molecule has 1 fully saturated rings. The van der Waals surface area contributed by atoms with Gasteiger partial charge in [-0.3, -0.25) is 4.79 Å². The smallest absolute Gasteiger partial charge is 0.220 e. The number of halogens is 2. The third-order valence-corrected chi connectivity index (χ3v) is 3.99. The Morgan fingerprint density at radius 1 is 1.39 bits per heavy atom. The van der Waals surface area contributed by atoms with E-state index in [0.29, 0.717) is 18.9 Å². The molecule has 0 spiro atoms. The molecule has 0 aromatic heterocycles. The Hall–Kier alpha value is -1.33. The number of carbonyl (C=O) groups excluding carboxylic acids is 1. The van der Waals surface area contributed by atoms with Crippen molar-refractivity contribution < 1.29 is 13.9 Å². The van der Waals surface area contributed by atoms with Gasteiger partial charge in [0.2, 0.25) is 5.91 Å². The first-order valence-corrected chi connectivity index (χ1v) is 8.03. The average Bonchev–Trinajstić information content (AvgIpc) is 2.54. The highest BCUT2D eigenvalue weighted by Gasteiger charge is 2.15. The quantitative estimate of drug-likeness (QED) is 0.799. The van der Waals surface area contributed by atoms with E-state index in [0.717, 1.165) is 32.4 Å². The molecule has 1 aromatic carbocycles. The molecule has 2 N–H and O–H groups in total. The van der Waals surface area contributed by atoms with Crippen molar-refractivity contribution in [2.75, 3.05) is 19.6 Å². The zero-order chi connectivity index (χ0) is 15.8. The first kappa shape index (κ1) is 19.7. The third-order valence-electron chi connectivity index (χ3n) is 3.99. The van der Waals surface area contributed by atoms with Crippen molar-refractivity contribution in [3.8, 4) is 5.75 Å². The van der Waals surface area contributed by atoms with Crippen molar-refractivity contribution in [3.05, 3.63) is 30.1 Å². The predicted octanol–water partition coefficient (Wildman–Crippen LogP) is 2.91. The molecule has 1 aliphatic heterocycles. The average molecular weight is 345 g/mol. The molecule has 1 amide bonds. The molecule has 130 valence electrons. The molecule has 1 saturated heterocycles. The topological polar surface area (TPSA) is 50.4 Å². The summed E-state index contributed by atoms with van der Waals surface area (Å²) in [4.78, 5) is 11.9. The second-order valence-electron chi connectivity index (χ2n) is 5.90. The molecule has 0 aliphatic carbocycles. The van der Waals surface area contributed by atoms with E-state index in [2.05, 4.69) is 10.6 Å². The maximum atomic E-state index is 13.5. The minimum absolute atomic E-state index is 0. The van der Waals surface area contributed by atoms with Gasteiger partial charge in [0.05, 0.1) is 6.54 Å². The van der Waals surface area contributed by atoms with Crippen LogP contribution >= 0.6 is 12.4 Å². The van der Waals surface area contributed by atoms with Crippen LogP contribution in [0.4, 0.5) is 4.39 Å². The highest BCUT2D eigenvalue weighted by Crippen LogP contribution is 2.18. The van der Waals surface area contributed by atoms with E-state index in [1.54, 1.807) is 18.2 Å². The Kier molecular flexibility index (Phi) is 8.95. The van der Waals surface area contributed by atoms with Gasteiger partial charge in [-0.25, -0.2) is 4.39 Å². The van der Waals surface area contributed by atoms with Crippen LogP contribution in [0.1, 0.15) is 32.6 Å². The summed E-state index contributed by atoms with van der Waals surface area (Å²) in [5.41, 5.74) is 0. The number of para-hydroxylation sites is 1. The highest BCUT2D eigenvalue weighted by molar-refractivity contribution is 5.85. The van der Waals surface area contributed by atoms with Crippen LogP contribution < -0.4 is 15.4 Å². The monoisotopic (exact) mass is 344 g/mol. The zero-order valence-electron chi connectivity index (χ0n) is 13.5. The summed E-state index contributed by atoms with van der Waals surface area (Å²) in [5, 5.41) is 6.18. The van der Waals surface area contributed by atoms with Crippen LogP contribution in [0.3, 0.4) is 0 Å². The van der Waals surface area contributed by atoms with Crippen LogP contribution in [0, 0.1) is 11.7 Å². The van der Waals surface area contributed by atoms with Crippen LogP contribution in [-0.2, 0) is 4.79 Å². The molecule has 0 bridgehead atoms. The van der Waals surface area contributed by atoms with Crippen molar-refractivity contribution in [3.63, 3.8) is 0 Å². The maximum absolute atomic E-state index is 13.5. The van der Waals surface area contributed by atoms with Crippen LogP contribution in [-0.4, -0.2) is 31.6 Å². The Morgan fingerprint density at radius 2 is 2.09 bits per heavy atom. The minimum atomic E-state index is -0.383. The molecule has 23 heavy (non-hydrogen) atoms. The van der Waals surface area contributed by atoms with Crippen molar-refractivity contribution in [2.45, 2.75) is 38.7 Å². The van der Waals surface area contributed by atoms with Crippen molar-refractivity contribution >= 4 is 18.3 Å². The molecular formula is C17H26ClFN2O2. The number of nitrogens with one attached hydrogen (secondary N) is 2. The molecule has 1 unspecified atom stereocenters. The number of piperidine rings is 1. The summed E-state index contributed by atoms with van der Waals surface area (Å²) in [7, 11) is 0. The largest absolute Gasteiger partial charge is 0.486 e. The molecule has 2 rings (SSSR count). The van der Waals surface area contributed by atoms with Crippen LogP contribution in [0.15, 0.2) is 24.3 Å². The minimum Gasteiger partial charge on any atom is -0.486 e. The summed E-state index contributed by atoms with van der Waals surface area (Å²) in [6.07, 6.45) is 3.53. The lowest BCUT2D eigenvalue weighted by molar-refractivity contribution is -0.121. The van der Waals surface area contributed by atoms with E-state index < -0.39 is 0 Å². The van der Waals surface area contributed by atoms with E-state index in [4.69, 9.17) is 4.74 Å². The van der Waals surface area contributed by atoms with Crippen molar-refractivity contribution in [1.82, 2.24) is 10.6 Å². The molecule has 0 radical (unpaired) electrons. The molecule has 1 aliphatic rings. The summed E-state index contributed by atoms with van der Waals surface area (Å²) < 4.78 is 18.9. The van der Waals surface area contributed by atoms with Gasteiger partial charge in [0.15, 0.2) is 11.6 Å². The lowest BCUT2D eigenvalue weighted by atomic mass is 9.93. The second-order valence-corrected chi connectivity index (χ2v) is 5.90. The van der Waals surface area contributed by atoms with E-state index >= 15 is 0 Å². The fraction of sp³-hybridized carbons (Fsp3) is 0.588. The lowest BCUT2D eigenvalue weighted by Crippen LogP contribution is -2.34. The van der Waals surface area contributed by atoms with Crippen molar-refractivity contribution in [2.24, 2.45) is 5.92 Å². The van der Waals surface area contributed by atoms with Gasteiger partial charge in [0.1, 0.15) is 6.10 Å². The SMILES string of the molecule is CC(CNC(=O)CCC1CCNCC1)Oc1ccccc1F.Cl.